The Bertz CT molecular complexity index is 828. The number of hydrogen-bond donors (Lipinski definition) is 2. The summed E-state index contributed by atoms with van der Waals surface area (Å²) in [6.07, 6.45) is 0.428. The van der Waals surface area contributed by atoms with Crippen LogP contribution in [0, 0.1) is 19.8 Å². The minimum Gasteiger partial charge on any atom is -0.494 e. The number of amides is 3. The van der Waals surface area contributed by atoms with Gasteiger partial charge in [-0.15, -0.1) is 0 Å². The highest BCUT2D eigenvalue weighted by molar-refractivity contribution is 5.96. The molecule has 1 atom stereocenters. The molecule has 28 heavy (non-hydrogen) atoms. The first-order valence-corrected chi connectivity index (χ1v) is 9.61. The number of carbonyl (C=O) groups is 2. The van der Waals surface area contributed by atoms with Crippen LogP contribution in [0.4, 0.5) is 16.2 Å². The summed E-state index contributed by atoms with van der Waals surface area (Å²) < 4.78 is 5.44. The molecule has 3 rings (SSSR count). The minimum absolute atomic E-state index is 0.0747. The van der Waals surface area contributed by atoms with Crippen molar-refractivity contribution in [1.82, 2.24) is 5.32 Å². The van der Waals surface area contributed by atoms with Gasteiger partial charge in [-0.25, -0.2) is 4.79 Å². The highest BCUT2D eigenvalue weighted by Gasteiger charge is 2.30. The van der Waals surface area contributed by atoms with Crippen molar-refractivity contribution in [2.75, 3.05) is 29.9 Å². The van der Waals surface area contributed by atoms with E-state index in [1.54, 1.807) is 4.90 Å². The van der Waals surface area contributed by atoms with Gasteiger partial charge in [-0.3, -0.25) is 4.79 Å². The van der Waals surface area contributed by atoms with Gasteiger partial charge in [0.1, 0.15) is 5.75 Å². The molecule has 0 bridgehead atoms. The van der Waals surface area contributed by atoms with Crippen LogP contribution in [0.5, 0.6) is 5.75 Å². The fourth-order valence-corrected chi connectivity index (χ4v) is 3.52. The quantitative estimate of drug-likeness (QED) is 0.798. The number of carbonyl (C=O) groups excluding carboxylic acids is 2. The predicted octanol–water partition coefficient (Wildman–Crippen LogP) is 3.88. The average molecular weight is 381 g/mol. The molecule has 1 fully saturated rings. The molecule has 2 aromatic carbocycles. The molecule has 6 nitrogen and oxygen atoms in total. The lowest BCUT2D eigenvalue weighted by molar-refractivity contribution is -0.117. The molecule has 1 heterocycles. The molecule has 0 aromatic heterocycles. The minimum atomic E-state index is -0.253. The third kappa shape index (κ3) is 5.03. The van der Waals surface area contributed by atoms with Gasteiger partial charge in [-0.2, -0.15) is 0 Å². The Morgan fingerprint density at radius 3 is 2.46 bits per heavy atom. The summed E-state index contributed by atoms with van der Waals surface area (Å²) in [5.74, 6) is 0.953. The highest BCUT2D eigenvalue weighted by Crippen LogP contribution is 2.26. The molecule has 0 saturated carbocycles. The third-order valence-electron chi connectivity index (χ3n) is 4.70. The van der Waals surface area contributed by atoms with E-state index in [1.807, 2.05) is 57.2 Å². The molecule has 1 aliphatic heterocycles. The summed E-state index contributed by atoms with van der Waals surface area (Å²) in [5.41, 5.74) is 3.83. The van der Waals surface area contributed by atoms with Crippen LogP contribution in [-0.2, 0) is 4.79 Å². The Morgan fingerprint density at radius 1 is 1.14 bits per heavy atom. The molecular weight excluding hydrogens is 354 g/mol. The molecule has 1 unspecified atom stereocenters. The standard InChI is InChI=1S/C22H27N3O3/c1-4-28-20-7-5-19(6-8-20)25-14-17(12-21(25)26)13-23-22(27)24-18-10-15(2)9-16(3)11-18/h5-11,17H,4,12-14H2,1-3H3,(H2,23,24,27). The molecule has 148 valence electrons. The smallest absolute Gasteiger partial charge is 0.319 e. The van der Waals surface area contributed by atoms with Gasteiger partial charge in [0.2, 0.25) is 5.91 Å². The molecular formula is C22H27N3O3. The number of nitrogens with one attached hydrogen (secondary N) is 2. The van der Waals surface area contributed by atoms with E-state index in [0.29, 0.717) is 26.1 Å². The third-order valence-corrected chi connectivity index (χ3v) is 4.70. The predicted molar refractivity (Wildman–Crippen MR) is 111 cm³/mol. The van der Waals surface area contributed by atoms with Crippen LogP contribution >= 0.6 is 0 Å². The van der Waals surface area contributed by atoms with Gasteiger partial charge in [0.25, 0.3) is 0 Å². The maximum absolute atomic E-state index is 12.4. The van der Waals surface area contributed by atoms with Gasteiger partial charge in [-0.05, 0) is 68.3 Å². The lowest BCUT2D eigenvalue weighted by Crippen LogP contribution is -2.34. The van der Waals surface area contributed by atoms with Crippen LogP contribution in [0.25, 0.3) is 0 Å². The van der Waals surface area contributed by atoms with Crippen molar-refractivity contribution in [3.63, 3.8) is 0 Å². The summed E-state index contributed by atoms with van der Waals surface area (Å²) in [4.78, 5) is 26.3. The topological polar surface area (TPSA) is 70.7 Å². The Hall–Kier alpha value is -3.02. The van der Waals surface area contributed by atoms with E-state index in [4.69, 9.17) is 4.74 Å². The first kappa shape index (κ1) is 19.7. The van der Waals surface area contributed by atoms with Crippen molar-refractivity contribution < 1.29 is 14.3 Å². The zero-order valence-electron chi connectivity index (χ0n) is 16.6. The van der Waals surface area contributed by atoms with E-state index >= 15 is 0 Å². The van der Waals surface area contributed by atoms with Gasteiger partial charge < -0.3 is 20.3 Å². The van der Waals surface area contributed by atoms with Crippen molar-refractivity contribution in [1.29, 1.82) is 0 Å². The molecule has 1 saturated heterocycles. The van der Waals surface area contributed by atoms with Gasteiger partial charge >= 0.3 is 6.03 Å². The second-order valence-electron chi connectivity index (χ2n) is 7.21. The fraction of sp³-hybridized carbons (Fsp3) is 0.364. The SMILES string of the molecule is CCOc1ccc(N2CC(CNC(=O)Nc3cc(C)cc(C)c3)CC2=O)cc1. The Balaban J connectivity index is 1.51. The first-order valence-electron chi connectivity index (χ1n) is 9.61. The second kappa shape index (κ2) is 8.78. The van der Waals surface area contributed by atoms with Crippen LogP contribution < -0.4 is 20.3 Å². The van der Waals surface area contributed by atoms with Crippen LogP contribution in [0.2, 0.25) is 0 Å². The number of anilines is 2. The molecule has 1 aliphatic rings. The van der Waals surface area contributed by atoms with Crippen molar-refractivity contribution in [3.05, 3.63) is 53.6 Å². The number of aryl methyl sites for hydroxylation is 2. The summed E-state index contributed by atoms with van der Waals surface area (Å²) in [6, 6.07) is 13.2. The molecule has 0 aliphatic carbocycles. The molecule has 2 N–H and O–H groups in total. The van der Waals surface area contributed by atoms with E-state index in [-0.39, 0.29) is 17.9 Å². The zero-order chi connectivity index (χ0) is 20.1. The highest BCUT2D eigenvalue weighted by atomic mass is 16.5. The lowest BCUT2D eigenvalue weighted by atomic mass is 10.1. The van der Waals surface area contributed by atoms with Gasteiger partial charge in [0.15, 0.2) is 0 Å². The first-order chi connectivity index (χ1) is 13.4. The van der Waals surface area contributed by atoms with Crippen LogP contribution in [0.3, 0.4) is 0 Å². The molecule has 0 radical (unpaired) electrons. The summed E-state index contributed by atoms with van der Waals surface area (Å²) in [7, 11) is 0. The van der Waals surface area contributed by atoms with Crippen molar-refractivity contribution in [3.8, 4) is 5.75 Å². The molecule has 2 aromatic rings. The van der Waals surface area contributed by atoms with Crippen molar-refractivity contribution >= 4 is 23.3 Å². The van der Waals surface area contributed by atoms with Crippen molar-refractivity contribution in [2.24, 2.45) is 5.92 Å². The van der Waals surface area contributed by atoms with E-state index in [2.05, 4.69) is 16.7 Å². The largest absolute Gasteiger partial charge is 0.494 e. The van der Waals surface area contributed by atoms with E-state index in [9.17, 15) is 9.59 Å². The Morgan fingerprint density at radius 2 is 1.82 bits per heavy atom. The number of benzene rings is 2. The zero-order valence-corrected chi connectivity index (χ0v) is 16.6. The normalized spacial score (nSPS) is 16.2. The molecule has 3 amide bonds. The number of urea groups is 1. The van der Waals surface area contributed by atoms with E-state index in [1.165, 1.54) is 0 Å². The molecule has 6 heteroatoms. The average Bonchev–Trinajstić information content (AvgIpc) is 3.01. The maximum Gasteiger partial charge on any atom is 0.319 e. The fourth-order valence-electron chi connectivity index (χ4n) is 3.52. The van der Waals surface area contributed by atoms with E-state index in [0.717, 1.165) is 28.3 Å². The number of hydrogen-bond acceptors (Lipinski definition) is 3. The second-order valence-corrected chi connectivity index (χ2v) is 7.21. The number of rotatable bonds is 6. The van der Waals surface area contributed by atoms with Crippen molar-refractivity contribution in [2.45, 2.75) is 27.2 Å². The van der Waals surface area contributed by atoms with E-state index < -0.39 is 0 Å². The summed E-state index contributed by atoms with van der Waals surface area (Å²) in [6.45, 7) is 7.59. The summed E-state index contributed by atoms with van der Waals surface area (Å²) >= 11 is 0. The lowest BCUT2D eigenvalue weighted by Gasteiger charge is -2.17. The van der Waals surface area contributed by atoms with Gasteiger partial charge in [-0.1, -0.05) is 6.07 Å². The van der Waals surface area contributed by atoms with Crippen LogP contribution in [-0.4, -0.2) is 31.6 Å². The van der Waals surface area contributed by atoms with Gasteiger partial charge in [0, 0.05) is 36.8 Å². The maximum atomic E-state index is 12.4. The number of ether oxygens (including phenoxy) is 1. The Kier molecular flexibility index (Phi) is 6.19. The van der Waals surface area contributed by atoms with Crippen LogP contribution in [0.15, 0.2) is 42.5 Å². The Labute approximate surface area is 165 Å². The monoisotopic (exact) mass is 381 g/mol. The number of nitrogens with zero attached hydrogens (tertiary/aromatic N) is 1. The van der Waals surface area contributed by atoms with Gasteiger partial charge in [0.05, 0.1) is 6.61 Å². The summed E-state index contributed by atoms with van der Waals surface area (Å²) in [5, 5.41) is 5.74. The van der Waals surface area contributed by atoms with Crippen LogP contribution in [0.1, 0.15) is 24.5 Å². The molecule has 0 spiro atoms.